The molecule has 0 saturated heterocycles. The third-order valence-electron chi connectivity index (χ3n) is 0.797. The Morgan fingerprint density at radius 3 is 2.60 bits per heavy atom. The summed E-state index contributed by atoms with van der Waals surface area (Å²) in [5, 5.41) is 4.58. The molecule has 0 amide bonds. The van der Waals surface area contributed by atoms with E-state index < -0.39 is 16.4 Å². The van der Waals surface area contributed by atoms with Gasteiger partial charge in [-0.05, 0) is 13.3 Å². The van der Waals surface area contributed by atoms with Crippen molar-refractivity contribution in [3.05, 3.63) is 12.7 Å². The highest BCUT2D eigenvalue weighted by Crippen LogP contribution is 1.99. The van der Waals surface area contributed by atoms with Crippen molar-refractivity contribution in [3.63, 3.8) is 0 Å². The van der Waals surface area contributed by atoms with E-state index in [0.717, 1.165) is 0 Å². The lowest BCUT2D eigenvalue weighted by molar-refractivity contribution is 0.233. The van der Waals surface area contributed by atoms with Gasteiger partial charge in [0.15, 0.2) is 0 Å². The van der Waals surface area contributed by atoms with Gasteiger partial charge in [0.25, 0.3) is 0 Å². The van der Waals surface area contributed by atoms with Gasteiger partial charge in [0.05, 0.1) is 6.10 Å². The quantitative estimate of drug-likeness (QED) is 0.604. The van der Waals surface area contributed by atoms with E-state index in [1.54, 1.807) is 13.0 Å². The van der Waals surface area contributed by atoms with Crippen LogP contribution in [0.2, 0.25) is 0 Å². The summed E-state index contributed by atoms with van der Waals surface area (Å²) in [6.07, 6.45) is 1.61. The van der Waals surface area contributed by atoms with Crippen LogP contribution in [0.3, 0.4) is 0 Å². The molecule has 1 atom stereocenters. The second-order valence-electron chi connectivity index (χ2n) is 1.92. The first-order chi connectivity index (χ1) is 4.45. The van der Waals surface area contributed by atoms with Gasteiger partial charge in [-0.1, -0.05) is 6.08 Å². The lowest BCUT2D eigenvalue weighted by Gasteiger charge is -2.06. The SMILES string of the molecule is C=CC[C@@H](C)OS(N)(=O)=O. The third kappa shape index (κ3) is 5.74. The van der Waals surface area contributed by atoms with E-state index in [1.807, 2.05) is 0 Å². The maximum absolute atomic E-state index is 10.2. The van der Waals surface area contributed by atoms with Crippen LogP contribution in [0.25, 0.3) is 0 Å². The monoisotopic (exact) mass is 165 g/mol. The molecule has 60 valence electrons. The second kappa shape index (κ2) is 3.70. The molecule has 0 aromatic carbocycles. The molecule has 0 spiro atoms. The van der Waals surface area contributed by atoms with Crippen molar-refractivity contribution in [1.29, 1.82) is 0 Å². The van der Waals surface area contributed by atoms with Crippen molar-refractivity contribution in [2.45, 2.75) is 19.4 Å². The van der Waals surface area contributed by atoms with Crippen LogP contribution < -0.4 is 5.14 Å². The van der Waals surface area contributed by atoms with Crippen molar-refractivity contribution < 1.29 is 12.6 Å². The van der Waals surface area contributed by atoms with Crippen LogP contribution >= 0.6 is 0 Å². The van der Waals surface area contributed by atoms with Crippen molar-refractivity contribution in [2.75, 3.05) is 0 Å². The van der Waals surface area contributed by atoms with Gasteiger partial charge in [-0.3, -0.25) is 4.18 Å². The topological polar surface area (TPSA) is 69.4 Å². The van der Waals surface area contributed by atoms with Crippen LogP contribution in [0, 0.1) is 0 Å². The Hall–Kier alpha value is -0.390. The van der Waals surface area contributed by atoms with E-state index in [4.69, 9.17) is 0 Å². The van der Waals surface area contributed by atoms with E-state index in [-0.39, 0.29) is 0 Å². The van der Waals surface area contributed by atoms with Crippen LogP contribution in [-0.4, -0.2) is 14.5 Å². The van der Waals surface area contributed by atoms with Gasteiger partial charge in [0, 0.05) is 0 Å². The zero-order valence-electron chi connectivity index (χ0n) is 5.78. The predicted octanol–water partition coefficient (Wildman–Crippen LogP) is 0.171. The highest BCUT2D eigenvalue weighted by molar-refractivity contribution is 7.84. The largest absolute Gasteiger partial charge is 0.333 e. The number of hydrogen-bond acceptors (Lipinski definition) is 3. The van der Waals surface area contributed by atoms with E-state index in [2.05, 4.69) is 15.9 Å². The zero-order chi connectivity index (χ0) is 8.20. The molecule has 0 aliphatic rings. The summed E-state index contributed by atoms with van der Waals surface area (Å²) in [5.41, 5.74) is 0. The lowest BCUT2D eigenvalue weighted by Crippen LogP contribution is -2.21. The fourth-order valence-electron chi connectivity index (χ4n) is 0.503. The molecule has 0 aromatic heterocycles. The van der Waals surface area contributed by atoms with Gasteiger partial charge < -0.3 is 0 Å². The normalized spacial score (nSPS) is 14.6. The van der Waals surface area contributed by atoms with E-state index >= 15 is 0 Å². The first-order valence-electron chi connectivity index (χ1n) is 2.77. The Morgan fingerprint density at radius 2 is 2.30 bits per heavy atom. The maximum Gasteiger partial charge on any atom is 0.333 e. The smallest absolute Gasteiger partial charge is 0.255 e. The molecule has 0 bridgehead atoms. The average molecular weight is 165 g/mol. The fourth-order valence-corrected chi connectivity index (χ4v) is 1.04. The highest BCUT2D eigenvalue weighted by Gasteiger charge is 2.07. The predicted molar refractivity (Wildman–Crippen MR) is 38.5 cm³/mol. The van der Waals surface area contributed by atoms with E-state index in [0.29, 0.717) is 6.42 Å². The van der Waals surface area contributed by atoms with Crippen LogP contribution in [0.4, 0.5) is 0 Å². The summed E-state index contributed by atoms with van der Waals surface area (Å²) >= 11 is 0. The summed E-state index contributed by atoms with van der Waals surface area (Å²) in [6, 6.07) is 0. The Morgan fingerprint density at radius 1 is 1.80 bits per heavy atom. The minimum atomic E-state index is -3.79. The van der Waals surface area contributed by atoms with Gasteiger partial charge in [-0.25, -0.2) is 5.14 Å². The third-order valence-corrected chi connectivity index (χ3v) is 1.39. The van der Waals surface area contributed by atoms with Crippen LogP contribution in [0.15, 0.2) is 12.7 Å². The molecule has 0 rings (SSSR count). The first-order valence-corrected chi connectivity index (χ1v) is 4.24. The van der Waals surface area contributed by atoms with Gasteiger partial charge >= 0.3 is 10.3 Å². The fraction of sp³-hybridized carbons (Fsp3) is 0.600. The minimum absolute atomic E-state index is 0.424. The van der Waals surface area contributed by atoms with Crippen molar-refractivity contribution >= 4 is 10.3 Å². The molecule has 10 heavy (non-hydrogen) atoms. The molecule has 0 fully saturated rings. The van der Waals surface area contributed by atoms with Crippen molar-refractivity contribution in [3.8, 4) is 0 Å². The number of rotatable bonds is 4. The molecule has 0 aliphatic heterocycles. The van der Waals surface area contributed by atoms with Crippen molar-refractivity contribution in [2.24, 2.45) is 5.14 Å². The first kappa shape index (κ1) is 9.61. The average Bonchev–Trinajstić information content (AvgIpc) is 1.59. The number of nitrogens with two attached hydrogens (primary N) is 1. The Balaban J connectivity index is 3.80. The molecule has 4 nitrogen and oxygen atoms in total. The molecular weight excluding hydrogens is 154 g/mol. The standard InChI is InChI=1S/C5H11NO3S/c1-3-4-5(2)9-10(6,7)8/h3,5H,1,4H2,2H3,(H2,6,7,8)/t5-/m1/s1. The summed E-state index contributed by atoms with van der Waals surface area (Å²) in [5.74, 6) is 0. The molecule has 0 radical (unpaired) electrons. The van der Waals surface area contributed by atoms with Gasteiger partial charge in [0.2, 0.25) is 0 Å². The van der Waals surface area contributed by atoms with E-state index in [9.17, 15) is 8.42 Å². The molecule has 0 saturated carbocycles. The summed E-state index contributed by atoms with van der Waals surface area (Å²) in [6.45, 7) is 5.02. The minimum Gasteiger partial charge on any atom is -0.255 e. The van der Waals surface area contributed by atoms with Gasteiger partial charge in [-0.2, -0.15) is 8.42 Å². The lowest BCUT2D eigenvalue weighted by atomic mass is 10.3. The Bertz CT molecular complexity index is 197. The zero-order valence-corrected chi connectivity index (χ0v) is 6.60. The van der Waals surface area contributed by atoms with Crippen molar-refractivity contribution in [1.82, 2.24) is 0 Å². The Labute approximate surface area is 60.9 Å². The molecule has 0 unspecified atom stereocenters. The van der Waals surface area contributed by atoms with Crippen LogP contribution in [-0.2, 0) is 14.5 Å². The van der Waals surface area contributed by atoms with Crippen LogP contribution in [0.1, 0.15) is 13.3 Å². The molecule has 0 aliphatic carbocycles. The molecule has 0 aromatic rings. The van der Waals surface area contributed by atoms with Gasteiger partial charge in [-0.15, -0.1) is 6.58 Å². The molecule has 5 heteroatoms. The van der Waals surface area contributed by atoms with Crippen LogP contribution in [0.5, 0.6) is 0 Å². The summed E-state index contributed by atoms with van der Waals surface area (Å²) < 4.78 is 24.8. The summed E-state index contributed by atoms with van der Waals surface area (Å²) in [7, 11) is -3.79. The number of hydrogen-bond donors (Lipinski definition) is 1. The molecule has 0 heterocycles. The highest BCUT2D eigenvalue weighted by atomic mass is 32.2. The summed E-state index contributed by atoms with van der Waals surface area (Å²) in [4.78, 5) is 0. The second-order valence-corrected chi connectivity index (χ2v) is 3.10. The maximum atomic E-state index is 10.2. The Kier molecular flexibility index (Phi) is 3.55. The van der Waals surface area contributed by atoms with E-state index in [1.165, 1.54) is 0 Å². The van der Waals surface area contributed by atoms with Gasteiger partial charge in [0.1, 0.15) is 0 Å². The molecule has 2 N–H and O–H groups in total. The molecular formula is C5H11NO3S.